The third-order valence-electron chi connectivity index (χ3n) is 4.16. The maximum Gasteiger partial charge on any atom is 0.261 e. The molecule has 0 spiro atoms. The summed E-state index contributed by atoms with van der Waals surface area (Å²) in [5, 5.41) is 3.64. The number of benzene rings is 2. The summed E-state index contributed by atoms with van der Waals surface area (Å²) in [6, 6.07) is 16.3. The zero-order valence-electron chi connectivity index (χ0n) is 13.5. The Bertz CT molecular complexity index is 1110. The molecular formula is C19H16N4O2. The second-order valence-corrected chi connectivity index (χ2v) is 5.93. The Morgan fingerprint density at radius 1 is 1.04 bits per heavy atom. The highest BCUT2D eigenvalue weighted by Crippen LogP contribution is 2.16. The molecule has 124 valence electrons. The Labute approximate surface area is 142 Å². The van der Waals surface area contributed by atoms with Crippen LogP contribution in [0.2, 0.25) is 0 Å². The quantitative estimate of drug-likeness (QED) is 0.539. The SMILES string of the molecule is CC(NC(=O)c1cc2ccccc2[nH]c1=O)c1nc2ccccc2[nH]1. The minimum Gasteiger partial charge on any atom is -0.342 e. The van der Waals surface area contributed by atoms with Gasteiger partial charge in [0.15, 0.2) is 0 Å². The Balaban J connectivity index is 1.63. The topological polar surface area (TPSA) is 90.6 Å². The molecule has 1 amide bonds. The summed E-state index contributed by atoms with van der Waals surface area (Å²) in [5.74, 6) is 0.215. The van der Waals surface area contributed by atoms with E-state index >= 15 is 0 Å². The highest BCUT2D eigenvalue weighted by Gasteiger charge is 2.17. The van der Waals surface area contributed by atoms with Gasteiger partial charge in [-0.05, 0) is 36.6 Å². The number of imidazole rings is 1. The van der Waals surface area contributed by atoms with Crippen molar-refractivity contribution in [1.29, 1.82) is 0 Å². The van der Waals surface area contributed by atoms with Crippen LogP contribution in [0.15, 0.2) is 59.4 Å². The van der Waals surface area contributed by atoms with E-state index in [-0.39, 0.29) is 11.6 Å². The number of fused-ring (bicyclic) bond motifs is 2. The maximum absolute atomic E-state index is 12.5. The van der Waals surface area contributed by atoms with Crippen molar-refractivity contribution < 1.29 is 4.79 Å². The first kappa shape index (κ1) is 15.1. The van der Waals surface area contributed by atoms with Crippen LogP contribution < -0.4 is 10.9 Å². The lowest BCUT2D eigenvalue weighted by atomic mass is 10.1. The van der Waals surface area contributed by atoms with Crippen LogP contribution >= 0.6 is 0 Å². The first-order valence-electron chi connectivity index (χ1n) is 7.99. The van der Waals surface area contributed by atoms with Crippen LogP contribution in [0.25, 0.3) is 21.9 Å². The second-order valence-electron chi connectivity index (χ2n) is 5.93. The van der Waals surface area contributed by atoms with E-state index in [1.54, 1.807) is 12.1 Å². The third-order valence-corrected chi connectivity index (χ3v) is 4.16. The van der Waals surface area contributed by atoms with Crippen LogP contribution in [0.1, 0.15) is 29.1 Å². The number of aromatic nitrogens is 3. The molecule has 3 N–H and O–H groups in total. The van der Waals surface area contributed by atoms with Gasteiger partial charge in [0, 0.05) is 5.52 Å². The van der Waals surface area contributed by atoms with Crippen molar-refractivity contribution >= 4 is 27.8 Å². The zero-order valence-corrected chi connectivity index (χ0v) is 13.5. The van der Waals surface area contributed by atoms with Crippen molar-refractivity contribution in [3.63, 3.8) is 0 Å². The lowest BCUT2D eigenvalue weighted by Gasteiger charge is -2.11. The van der Waals surface area contributed by atoms with Gasteiger partial charge in [-0.25, -0.2) is 4.98 Å². The van der Waals surface area contributed by atoms with E-state index in [4.69, 9.17) is 0 Å². The first-order chi connectivity index (χ1) is 12.1. The molecule has 6 heteroatoms. The standard InChI is InChI=1S/C19H16N4O2/c1-11(17-21-15-8-4-5-9-16(15)22-17)20-18(24)13-10-12-6-2-3-7-14(12)23-19(13)25/h2-11H,1H3,(H,20,24)(H,21,22)(H,23,25). The van der Waals surface area contributed by atoms with E-state index in [1.165, 1.54) is 0 Å². The normalized spacial score (nSPS) is 12.4. The largest absolute Gasteiger partial charge is 0.342 e. The second kappa shape index (κ2) is 5.90. The lowest BCUT2D eigenvalue weighted by molar-refractivity contribution is 0.0937. The summed E-state index contributed by atoms with van der Waals surface area (Å²) in [5.41, 5.74) is 2.12. The van der Waals surface area contributed by atoms with Crippen LogP contribution in [0.3, 0.4) is 0 Å². The number of rotatable bonds is 3. The molecule has 1 unspecified atom stereocenters. The average molecular weight is 332 g/mol. The van der Waals surface area contributed by atoms with Crippen LogP contribution in [-0.2, 0) is 0 Å². The number of carbonyl (C=O) groups is 1. The molecular weight excluding hydrogens is 316 g/mol. The fourth-order valence-corrected chi connectivity index (χ4v) is 2.84. The van der Waals surface area contributed by atoms with Gasteiger partial charge < -0.3 is 15.3 Å². The molecule has 2 heterocycles. The number of hydrogen-bond donors (Lipinski definition) is 3. The summed E-state index contributed by atoms with van der Waals surface area (Å²) < 4.78 is 0. The predicted molar refractivity (Wildman–Crippen MR) is 96.5 cm³/mol. The van der Waals surface area contributed by atoms with Crippen molar-refractivity contribution in [2.24, 2.45) is 0 Å². The Kier molecular flexibility index (Phi) is 3.57. The summed E-state index contributed by atoms with van der Waals surface area (Å²) >= 11 is 0. The van der Waals surface area contributed by atoms with Gasteiger partial charge in [0.2, 0.25) is 0 Å². The van der Waals surface area contributed by atoms with Crippen molar-refractivity contribution in [3.05, 3.63) is 76.3 Å². The van der Waals surface area contributed by atoms with Crippen LogP contribution in [0, 0.1) is 0 Å². The van der Waals surface area contributed by atoms with E-state index in [9.17, 15) is 9.59 Å². The van der Waals surface area contributed by atoms with Gasteiger partial charge in [0.05, 0.1) is 17.1 Å². The number of pyridine rings is 1. The molecule has 0 aliphatic carbocycles. The summed E-state index contributed by atoms with van der Waals surface area (Å²) in [6.07, 6.45) is 0. The van der Waals surface area contributed by atoms with Gasteiger partial charge in [0.25, 0.3) is 11.5 Å². The number of nitrogens with one attached hydrogen (secondary N) is 3. The van der Waals surface area contributed by atoms with E-state index < -0.39 is 11.5 Å². The molecule has 0 saturated heterocycles. The van der Waals surface area contributed by atoms with Crippen molar-refractivity contribution in [1.82, 2.24) is 20.3 Å². The van der Waals surface area contributed by atoms with Gasteiger partial charge in [-0.15, -0.1) is 0 Å². The van der Waals surface area contributed by atoms with Gasteiger partial charge >= 0.3 is 0 Å². The third kappa shape index (κ3) is 2.78. The molecule has 0 aliphatic rings. The van der Waals surface area contributed by atoms with E-state index in [2.05, 4.69) is 20.3 Å². The number of nitrogens with zero attached hydrogens (tertiary/aromatic N) is 1. The van der Waals surface area contributed by atoms with Crippen LogP contribution in [0.5, 0.6) is 0 Å². The number of H-pyrrole nitrogens is 2. The lowest BCUT2D eigenvalue weighted by Crippen LogP contribution is -2.32. The van der Waals surface area contributed by atoms with Gasteiger partial charge in [0.1, 0.15) is 11.4 Å². The molecule has 2 aromatic carbocycles. The molecule has 2 aromatic heterocycles. The molecule has 4 rings (SSSR count). The fourth-order valence-electron chi connectivity index (χ4n) is 2.84. The van der Waals surface area contributed by atoms with E-state index in [0.29, 0.717) is 11.3 Å². The maximum atomic E-state index is 12.5. The van der Waals surface area contributed by atoms with Crippen molar-refractivity contribution in [3.8, 4) is 0 Å². The van der Waals surface area contributed by atoms with Gasteiger partial charge in [-0.1, -0.05) is 30.3 Å². The summed E-state index contributed by atoms with van der Waals surface area (Å²) in [6.45, 7) is 1.82. The highest BCUT2D eigenvalue weighted by atomic mass is 16.2. The molecule has 0 fully saturated rings. The minimum absolute atomic E-state index is 0.0849. The van der Waals surface area contributed by atoms with Crippen molar-refractivity contribution in [2.45, 2.75) is 13.0 Å². The predicted octanol–water partition coefficient (Wildman–Crippen LogP) is 2.90. The fraction of sp³-hybridized carbons (Fsp3) is 0.105. The number of amides is 1. The number of para-hydroxylation sites is 3. The number of carbonyl (C=O) groups excluding carboxylic acids is 1. The summed E-state index contributed by atoms with van der Waals surface area (Å²) in [4.78, 5) is 35.1. The molecule has 0 saturated carbocycles. The molecule has 1 atom stereocenters. The van der Waals surface area contributed by atoms with Gasteiger partial charge in [-0.2, -0.15) is 0 Å². The zero-order chi connectivity index (χ0) is 17.4. The average Bonchev–Trinajstić information content (AvgIpc) is 3.05. The van der Waals surface area contributed by atoms with Gasteiger partial charge in [-0.3, -0.25) is 9.59 Å². The molecule has 25 heavy (non-hydrogen) atoms. The Morgan fingerprint density at radius 2 is 1.76 bits per heavy atom. The van der Waals surface area contributed by atoms with Crippen molar-refractivity contribution in [2.75, 3.05) is 0 Å². The minimum atomic E-state index is -0.431. The Hall–Kier alpha value is -3.41. The molecule has 0 aliphatic heterocycles. The molecule has 6 nitrogen and oxygen atoms in total. The Morgan fingerprint density at radius 3 is 2.56 bits per heavy atom. The highest BCUT2D eigenvalue weighted by molar-refractivity contribution is 5.97. The summed E-state index contributed by atoms with van der Waals surface area (Å²) in [7, 11) is 0. The van der Waals surface area contributed by atoms with E-state index in [1.807, 2.05) is 49.4 Å². The molecule has 4 aromatic rings. The van der Waals surface area contributed by atoms with Crippen LogP contribution in [-0.4, -0.2) is 20.9 Å². The number of aromatic amines is 2. The number of hydrogen-bond acceptors (Lipinski definition) is 3. The monoisotopic (exact) mass is 332 g/mol. The molecule has 0 radical (unpaired) electrons. The smallest absolute Gasteiger partial charge is 0.261 e. The van der Waals surface area contributed by atoms with E-state index in [0.717, 1.165) is 16.4 Å². The first-order valence-corrected chi connectivity index (χ1v) is 7.99. The van der Waals surface area contributed by atoms with Crippen LogP contribution in [0.4, 0.5) is 0 Å². The molecule has 0 bridgehead atoms.